The van der Waals surface area contributed by atoms with Crippen molar-refractivity contribution in [1.29, 1.82) is 0 Å². The highest BCUT2D eigenvalue weighted by Crippen LogP contribution is 2.59. The van der Waals surface area contributed by atoms with Crippen molar-refractivity contribution in [3.05, 3.63) is 11.6 Å². The minimum absolute atomic E-state index is 0.00811. The van der Waals surface area contributed by atoms with E-state index in [2.05, 4.69) is 32.2 Å². The maximum atomic E-state index is 12.9. The molecular formula is C25H39N3O7. The van der Waals surface area contributed by atoms with Gasteiger partial charge in [0.25, 0.3) is 0 Å². The lowest BCUT2D eigenvalue weighted by atomic mass is 9.68. The number of nitrogens with one attached hydrogen (secondary N) is 1. The minimum atomic E-state index is -0.388. The summed E-state index contributed by atoms with van der Waals surface area (Å²) in [6, 6.07) is 0. The predicted octanol–water partition coefficient (Wildman–Crippen LogP) is 1.93. The highest BCUT2D eigenvalue weighted by atomic mass is 16.6. The zero-order valence-electron chi connectivity index (χ0n) is 21.3. The van der Waals surface area contributed by atoms with Crippen LogP contribution in [-0.2, 0) is 23.7 Å². The zero-order valence-corrected chi connectivity index (χ0v) is 21.3. The maximum Gasteiger partial charge on any atom is 0.410 e. The molecule has 0 radical (unpaired) electrons. The average Bonchev–Trinajstić information content (AvgIpc) is 3.73. The molecule has 10 heteroatoms. The molecule has 1 N–H and O–H groups in total. The van der Waals surface area contributed by atoms with Crippen LogP contribution in [0.2, 0.25) is 0 Å². The number of likely N-dealkylation sites (tertiary alicyclic amines) is 1. The Morgan fingerprint density at radius 3 is 2.43 bits per heavy atom. The van der Waals surface area contributed by atoms with E-state index in [1.165, 1.54) is 5.57 Å². The lowest BCUT2D eigenvalue weighted by molar-refractivity contribution is -0.126. The van der Waals surface area contributed by atoms with Crippen LogP contribution in [0, 0.1) is 5.92 Å². The molecule has 4 heterocycles. The molecule has 0 aromatic carbocycles. The summed E-state index contributed by atoms with van der Waals surface area (Å²) in [4.78, 5) is 28.5. The van der Waals surface area contributed by atoms with Crippen molar-refractivity contribution < 1.29 is 33.3 Å². The first-order valence-electron chi connectivity index (χ1n) is 12.9. The first-order chi connectivity index (χ1) is 16.8. The molecular weight excluding hydrogens is 454 g/mol. The Hall–Kier alpha value is -1.88. The van der Waals surface area contributed by atoms with Crippen LogP contribution in [0.4, 0.5) is 9.59 Å². The molecule has 1 spiro atoms. The third-order valence-electron chi connectivity index (χ3n) is 8.24. The van der Waals surface area contributed by atoms with Crippen LogP contribution in [0.5, 0.6) is 0 Å². The molecule has 5 fully saturated rings. The maximum absolute atomic E-state index is 12.9. The summed E-state index contributed by atoms with van der Waals surface area (Å²) >= 11 is 0. The molecule has 5 aliphatic rings. The SMILES string of the molecule is CO[C@@H]1[C@H](OC(=O)N2CC(OC(=O)N3CCNCC3)C2)CC[C@]2(CO2)[C@H]1[C@@]1(C)O[C@@H]1CC=C(C)C. The van der Waals surface area contributed by atoms with Gasteiger partial charge in [-0.05, 0) is 40.0 Å². The van der Waals surface area contributed by atoms with E-state index in [1.807, 2.05) is 0 Å². The highest BCUT2D eigenvalue weighted by Gasteiger charge is 2.72. The van der Waals surface area contributed by atoms with Gasteiger partial charge < -0.3 is 38.8 Å². The lowest BCUT2D eigenvalue weighted by Gasteiger charge is -2.44. The van der Waals surface area contributed by atoms with Crippen LogP contribution in [0.1, 0.15) is 40.0 Å². The van der Waals surface area contributed by atoms with Crippen LogP contribution in [-0.4, -0.2) is 111 Å². The van der Waals surface area contributed by atoms with E-state index in [1.54, 1.807) is 16.9 Å². The second-order valence-corrected chi connectivity index (χ2v) is 10.9. The summed E-state index contributed by atoms with van der Waals surface area (Å²) in [5, 5.41) is 3.21. The Kier molecular flexibility index (Phi) is 6.76. The number of allylic oxidation sites excluding steroid dienone is 1. The standard InChI is InChI=1S/C25H39N3O7/c1-16(2)5-6-19-24(3,35-19)21-20(31-4)18(7-8-25(21)15-32-25)34-23(30)28-13-17(14-28)33-22(29)27-11-9-26-10-12-27/h5,17-21,26H,6-15H2,1-4H3/t18-,19-,20-,21-,24+,25+/m1/s1. The van der Waals surface area contributed by atoms with Crippen molar-refractivity contribution in [3.63, 3.8) is 0 Å². The summed E-state index contributed by atoms with van der Waals surface area (Å²) in [6.45, 7) is 10.5. The molecule has 2 amide bonds. The molecule has 0 unspecified atom stereocenters. The van der Waals surface area contributed by atoms with E-state index in [9.17, 15) is 9.59 Å². The van der Waals surface area contributed by atoms with Gasteiger partial charge in [0.15, 0.2) is 0 Å². The third-order valence-corrected chi connectivity index (χ3v) is 8.24. The number of nitrogens with zero attached hydrogens (tertiary/aromatic N) is 2. The summed E-state index contributed by atoms with van der Waals surface area (Å²) in [5.41, 5.74) is 0.650. The number of carbonyl (C=O) groups excluding carboxylic acids is 2. The summed E-state index contributed by atoms with van der Waals surface area (Å²) < 4.78 is 29.7. The Morgan fingerprint density at radius 1 is 1.11 bits per heavy atom. The van der Waals surface area contributed by atoms with Crippen LogP contribution < -0.4 is 5.32 Å². The van der Waals surface area contributed by atoms with Crippen molar-refractivity contribution >= 4 is 12.2 Å². The molecule has 0 aromatic heterocycles. The fraction of sp³-hybridized carbons (Fsp3) is 0.840. The summed E-state index contributed by atoms with van der Waals surface area (Å²) in [5.74, 6) is -0.00811. The number of amides is 2. The fourth-order valence-electron chi connectivity index (χ4n) is 6.00. The number of epoxide rings is 2. The van der Waals surface area contributed by atoms with Gasteiger partial charge in [-0.1, -0.05) is 11.6 Å². The van der Waals surface area contributed by atoms with E-state index in [0.717, 1.165) is 25.9 Å². The van der Waals surface area contributed by atoms with Crippen molar-refractivity contribution in [2.24, 2.45) is 5.92 Å². The van der Waals surface area contributed by atoms with Crippen LogP contribution in [0.15, 0.2) is 11.6 Å². The minimum Gasteiger partial charge on any atom is -0.443 e. The van der Waals surface area contributed by atoms with Crippen molar-refractivity contribution in [1.82, 2.24) is 15.1 Å². The number of hydrogen-bond acceptors (Lipinski definition) is 8. The molecule has 0 aromatic rings. The molecule has 4 saturated heterocycles. The first kappa shape index (κ1) is 24.8. The summed E-state index contributed by atoms with van der Waals surface area (Å²) in [7, 11) is 1.67. The largest absolute Gasteiger partial charge is 0.443 e. The molecule has 196 valence electrons. The second-order valence-electron chi connectivity index (χ2n) is 10.9. The van der Waals surface area contributed by atoms with Crippen molar-refractivity contribution in [2.75, 3.05) is 53.0 Å². The first-order valence-corrected chi connectivity index (χ1v) is 12.9. The number of rotatable bonds is 6. The van der Waals surface area contributed by atoms with Gasteiger partial charge in [-0.3, -0.25) is 0 Å². The van der Waals surface area contributed by atoms with Crippen molar-refractivity contribution in [3.8, 4) is 0 Å². The number of methoxy groups -OCH3 is 1. The number of piperazine rings is 1. The Morgan fingerprint density at radius 2 is 1.80 bits per heavy atom. The van der Waals surface area contributed by atoms with E-state index in [-0.39, 0.29) is 53.7 Å². The Labute approximate surface area is 207 Å². The topological polar surface area (TPSA) is 105 Å². The lowest BCUT2D eigenvalue weighted by Crippen LogP contribution is -2.60. The average molecular weight is 494 g/mol. The fourth-order valence-corrected chi connectivity index (χ4v) is 6.00. The Balaban J connectivity index is 1.15. The van der Waals surface area contributed by atoms with Crippen LogP contribution in [0.3, 0.4) is 0 Å². The van der Waals surface area contributed by atoms with Gasteiger partial charge in [-0.25, -0.2) is 9.59 Å². The van der Waals surface area contributed by atoms with Gasteiger partial charge in [-0.2, -0.15) is 0 Å². The molecule has 0 bridgehead atoms. The van der Waals surface area contributed by atoms with Gasteiger partial charge >= 0.3 is 12.2 Å². The van der Waals surface area contributed by atoms with Gasteiger partial charge in [0.2, 0.25) is 0 Å². The molecule has 5 rings (SSSR count). The number of hydrogen-bond donors (Lipinski definition) is 1. The van der Waals surface area contributed by atoms with E-state index in [0.29, 0.717) is 39.2 Å². The van der Waals surface area contributed by atoms with Gasteiger partial charge in [0, 0.05) is 33.3 Å². The predicted molar refractivity (Wildman–Crippen MR) is 126 cm³/mol. The van der Waals surface area contributed by atoms with E-state index >= 15 is 0 Å². The van der Waals surface area contributed by atoms with Crippen LogP contribution >= 0.6 is 0 Å². The number of ether oxygens (including phenoxy) is 5. The van der Waals surface area contributed by atoms with Crippen LogP contribution in [0.25, 0.3) is 0 Å². The normalized spacial score (nSPS) is 38.5. The van der Waals surface area contributed by atoms with Gasteiger partial charge in [0.05, 0.1) is 31.7 Å². The molecule has 6 atom stereocenters. The third kappa shape index (κ3) is 4.90. The zero-order chi connectivity index (χ0) is 24.8. The molecule has 10 nitrogen and oxygen atoms in total. The van der Waals surface area contributed by atoms with E-state index in [4.69, 9.17) is 23.7 Å². The smallest absolute Gasteiger partial charge is 0.410 e. The molecule has 35 heavy (non-hydrogen) atoms. The second kappa shape index (κ2) is 9.53. The molecule has 1 aliphatic carbocycles. The molecule has 4 aliphatic heterocycles. The molecule has 1 saturated carbocycles. The van der Waals surface area contributed by atoms with Gasteiger partial charge in [-0.15, -0.1) is 0 Å². The van der Waals surface area contributed by atoms with Crippen molar-refractivity contribution in [2.45, 2.75) is 75.7 Å². The number of carbonyl (C=O) groups is 2. The highest BCUT2D eigenvalue weighted by molar-refractivity contribution is 5.71. The summed E-state index contributed by atoms with van der Waals surface area (Å²) in [6.07, 6.45) is 2.99. The van der Waals surface area contributed by atoms with E-state index < -0.39 is 0 Å². The Bertz CT molecular complexity index is 846. The quantitative estimate of drug-likeness (QED) is 0.442. The van der Waals surface area contributed by atoms with Gasteiger partial charge in [0.1, 0.15) is 29.5 Å². The monoisotopic (exact) mass is 493 g/mol.